The van der Waals surface area contributed by atoms with Crippen molar-refractivity contribution in [3.8, 4) is 5.75 Å². The Labute approximate surface area is 184 Å². The van der Waals surface area contributed by atoms with E-state index in [0.29, 0.717) is 5.58 Å². The van der Waals surface area contributed by atoms with Crippen LogP contribution in [0.15, 0.2) is 57.9 Å². The van der Waals surface area contributed by atoms with Gasteiger partial charge in [0.15, 0.2) is 0 Å². The number of piperazine rings is 1. The summed E-state index contributed by atoms with van der Waals surface area (Å²) in [5.41, 5.74) is 2.91. The van der Waals surface area contributed by atoms with E-state index in [4.69, 9.17) is 4.42 Å². The molecule has 2 aromatic heterocycles. The number of hydrogen-bond acceptors (Lipinski definition) is 5. The average Bonchev–Trinajstić information content (AvgIpc) is 3.18. The predicted octanol–water partition coefficient (Wildman–Crippen LogP) is 4.26. The van der Waals surface area contributed by atoms with Gasteiger partial charge in [0, 0.05) is 60.8 Å². The molecule has 2 aromatic carbocycles. The number of aromatic nitrogens is 1. The van der Waals surface area contributed by atoms with Gasteiger partial charge in [0.2, 0.25) is 0 Å². The third-order valence-electron chi connectivity index (χ3n) is 6.33. The van der Waals surface area contributed by atoms with Crippen LogP contribution in [0.5, 0.6) is 5.75 Å². The van der Waals surface area contributed by atoms with Crippen molar-refractivity contribution < 1.29 is 13.9 Å². The summed E-state index contributed by atoms with van der Waals surface area (Å²) in [6, 6.07) is 11.4. The number of halogens is 1. The van der Waals surface area contributed by atoms with Gasteiger partial charge >= 0.3 is 5.63 Å². The van der Waals surface area contributed by atoms with Gasteiger partial charge in [-0.15, -0.1) is 0 Å². The maximum atomic E-state index is 13.5. The molecule has 1 saturated heterocycles. The predicted molar refractivity (Wildman–Crippen MR) is 124 cm³/mol. The molecule has 0 saturated carbocycles. The Hall–Kier alpha value is -3.32. The van der Waals surface area contributed by atoms with Crippen LogP contribution >= 0.6 is 0 Å². The van der Waals surface area contributed by atoms with Crippen LogP contribution in [0.1, 0.15) is 18.4 Å². The van der Waals surface area contributed by atoms with Gasteiger partial charge in [0.25, 0.3) is 0 Å². The first kappa shape index (κ1) is 20.6. The molecule has 3 heterocycles. The number of nitrogens with one attached hydrogen (secondary N) is 1. The zero-order valence-electron chi connectivity index (χ0n) is 17.8. The van der Waals surface area contributed by atoms with E-state index in [9.17, 15) is 14.3 Å². The molecule has 0 unspecified atom stereocenters. The van der Waals surface area contributed by atoms with Crippen molar-refractivity contribution in [2.75, 3.05) is 37.6 Å². The van der Waals surface area contributed by atoms with E-state index in [1.807, 2.05) is 12.3 Å². The first-order valence-corrected chi connectivity index (χ1v) is 11.1. The molecule has 1 aliphatic rings. The van der Waals surface area contributed by atoms with E-state index in [0.717, 1.165) is 74.0 Å². The lowest BCUT2D eigenvalue weighted by atomic mass is 10.1. The lowest BCUT2D eigenvalue weighted by molar-refractivity contribution is 0.252. The van der Waals surface area contributed by atoms with E-state index < -0.39 is 5.63 Å². The normalized spacial score (nSPS) is 15.1. The Bertz CT molecular complexity index is 1310. The molecule has 0 atom stereocenters. The number of fused-ring (bicyclic) bond motifs is 2. The summed E-state index contributed by atoms with van der Waals surface area (Å²) >= 11 is 0. The van der Waals surface area contributed by atoms with Gasteiger partial charge in [0.1, 0.15) is 17.1 Å². The van der Waals surface area contributed by atoms with Gasteiger partial charge in [-0.25, -0.2) is 9.18 Å². The van der Waals surface area contributed by atoms with Crippen molar-refractivity contribution in [3.05, 3.63) is 70.5 Å². The van der Waals surface area contributed by atoms with Crippen LogP contribution in [0, 0.1) is 5.82 Å². The number of anilines is 1. The number of H-pyrrole nitrogens is 1. The maximum absolute atomic E-state index is 13.5. The molecular weight excluding hydrogens is 409 g/mol. The molecule has 4 aromatic rings. The van der Waals surface area contributed by atoms with Crippen molar-refractivity contribution in [2.24, 2.45) is 0 Å². The highest BCUT2D eigenvalue weighted by Crippen LogP contribution is 2.32. The van der Waals surface area contributed by atoms with Crippen molar-refractivity contribution in [2.45, 2.75) is 19.3 Å². The van der Waals surface area contributed by atoms with Gasteiger partial charge in [-0.1, -0.05) is 0 Å². The Morgan fingerprint density at radius 3 is 2.72 bits per heavy atom. The largest absolute Gasteiger partial charge is 0.506 e. The molecule has 6 nitrogen and oxygen atoms in total. The Balaban J connectivity index is 1.13. The number of unbranched alkanes of at least 4 members (excludes halogenated alkanes) is 1. The van der Waals surface area contributed by atoms with Crippen molar-refractivity contribution in [1.82, 2.24) is 9.88 Å². The van der Waals surface area contributed by atoms with Gasteiger partial charge < -0.3 is 19.4 Å². The number of aryl methyl sites for hydroxylation is 1. The Kier molecular flexibility index (Phi) is 5.57. The van der Waals surface area contributed by atoms with Gasteiger partial charge in [-0.2, -0.15) is 0 Å². The molecule has 0 amide bonds. The monoisotopic (exact) mass is 435 g/mol. The van der Waals surface area contributed by atoms with Crippen LogP contribution in [0.2, 0.25) is 0 Å². The highest BCUT2D eigenvalue weighted by molar-refractivity contribution is 5.84. The highest BCUT2D eigenvalue weighted by atomic mass is 19.1. The Morgan fingerprint density at radius 2 is 1.88 bits per heavy atom. The van der Waals surface area contributed by atoms with Gasteiger partial charge in [-0.05, 0) is 61.7 Å². The quantitative estimate of drug-likeness (QED) is 0.350. The van der Waals surface area contributed by atoms with Crippen LogP contribution in [-0.4, -0.2) is 47.7 Å². The molecule has 1 fully saturated rings. The number of benzene rings is 2. The number of phenols is 1. The van der Waals surface area contributed by atoms with Crippen molar-refractivity contribution in [3.63, 3.8) is 0 Å². The molecule has 0 spiro atoms. The first-order chi connectivity index (χ1) is 15.6. The molecule has 32 heavy (non-hydrogen) atoms. The Morgan fingerprint density at radius 1 is 1.03 bits per heavy atom. The number of aromatic amines is 1. The summed E-state index contributed by atoms with van der Waals surface area (Å²) < 4.78 is 18.7. The standard InChI is InChI=1S/C25H26FN3O3/c26-19-5-6-21-20(14-19)18(16-27-21)3-1-2-8-28-9-11-29(12-10-28)22-13-17-4-7-25(31)32-24(17)15-23(22)30/h4-7,13-16,27,30H,1-3,8-12H2. The summed E-state index contributed by atoms with van der Waals surface area (Å²) in [7, 11) is 0. The third kappa shape index (κ3) is 4.21. The van der Waals surface area contributed by atoms with Gasteiger partial charge in [0.05, 0.1) is 5.69 Å². The van der Waals surface area contributed by atoms with E-state index in [2.05, 4.69) is 14.8 Å². The summed E-state index contributed by atoms with van der Waals surface area (Å²) in [4.78, 5) is 19.2. The van der Waals surface area contributed by atoms with Crippen LogP contribution in [0.4, 0.5) is 10.1 Å². The molecule has 5 rings (SSSR count). The topological polar surface area (TPSA) is 72.7 Å². The van der Waals surface area contributed by atoms with E-state index >= 15 is 0 Å². The third-order valence-corrected chi connectivity index (χ3v) is 6.33. The number of aromatic hydroxyl groups is 1. The maximum Gasteiger partial charge on any atom is 0.336 e. The van der Waals surface area contributed by atoms with Crippen molar-refractivity contribution >= 4 is 27.6 Å². The van der Waals surface area contributed by atoms with Gasteiger partial charge in [-0.3, -0.25) is 4.90 Å². The minimum Gasteiger partial charge on any atom is -0.506 e. The van der Waals surface area contributed by atoms with Crippen LogP contribution in [-0.2, 0) is 6.42 Å². The zero-order chi connectivity index (χ0) is 22.1. The second-order valence-corrected chi connectivity index (χ2v) is 8.42. The second kappa shape index (κ2) is 8.67. The molecule has 0 bridgehead atoms. The number of nitrogens with zero attached hydrogens (tertiary/aromatic N) is 2. The summed E-state index contributed by atoms with van der Waals surface area (Å²) in [6.45, 7) is 4.55. The minimum absolute atomic E-state index is 0.135. The minimum atomic E-state index is -0.421. The van der Waals surface area contributed by atoms with E-state index in [-0.39, 0.29) is 11.6 Å². The van der Waals surface area contributed by atoms with Crippen LogP contribution in [0.3, 0.4) is 0 Å². The number of hydrogen-bond donors (Lipinski definition) is 2. The SMILES string of the molecule is O=c1ccc2cc(N3CCN(CCCCc4c[nH]c5ccc(F)cc45)CC3)c(O)cc2o1. The fraction of sp³-hybridized carbons (Fsp3) is 0.320. The molecule has 7 heteroatoms. The molecule has 166 valence electrons. The molecule has 1 aliphatic heterocycles. The molecule has 0 radical (unpaired) electrons. The first-order valence-electron chi connectivity index (χ1n) is 11.1. The van der Waals surface area contributed by atoms with Crippen LogP contribution < -0.4 is 10.5 Å². The van der Waals surface area contributed by atoms with Crippen molar-refractivity contribution in [1.29, 1.82) is 0 Å². The fourth-order valence-electron chi connectivity index (χ4n) is 4.57. The number of rotatable bonds is 6. The molecule has 0 aliphatic carbocycles. The number of phenolic OH excluding ortho intramolecular Hbond substituents is 1. The molecular formula is C25H26FN3O3. The average molecular weight is 435 g/mol. The second-order valence-electron chi connectivity index (χ2n) is 8.42. The summed E-state index contributed by atoms with van der Waals surface area (Å²) in [6.07, 6.45) is 5.07. The van der Waals surface area contributed by atoms with E-state index in [1.54, 1.807) is 18.2 Å². The lowest BCUT2D eigenvalue weighted by Crippen LogP contribution is -2.46. The van der Waals surface area contributed by atoms with Crippen LogP contribution in [0.25, 0.3) is 21.9 Å². The highest BCUT2D eigenvalue weighted by Gasteiger charge is 2.20. The van der Waals surface area contributed by atoms with E-state index in [1.165, 1.54) is 23.8 Å². The summed E-state index contributed by atoms with van der Waals surface area (Å²) in [5, 5.41) is 12.2. The molecule has 2 N–H and O–H groups in total. The summed E-state index contributed by atoms with van der Waals surface area (Å²) in [5.74, 6) is -0.0614. The zero-order valence-corrected chi connectivity index (χ0v) is 17.8. The fourth-order valence-corrected chi connectivity index (χ4v) is 4.57. The smallest absolute Gasteiger partial charge is 0.336 e. The lowest BCUT2D eigenvalue weighted by Gasteiger charge is -2.36.